The fraction of sp³-hybridized carbons (Fsp3) is 0.310. The molecule has 0 aliphatic carbocycles. The van der Waals surface area contributed by atoms with Crippen LogP contribution in [-0.4, -0.2) is 51.4 Å². The van der Waals surface area contributed by atoms with Crippen molar-refractivity contribution in [1.82, 2.24) is 10.2 Å². The normalized spacial score (nSPS) is 12.1. The number of hydrogen-bond acceptors (Lipinski definition) is 5. The van der Waals surface area contributed by atoms with Crippen LogP contribution in [0.3, 0.4) is 0 Å². The van der Waals surface area contributed by atoms with E-state index in [-0.39, 0.29) is 29.0 Å². The van der Waals surface area contributed by atoms with Crippen molar-refractivity contribution in [2.24, 2.45) is 5.92 Å². The second-order valence-corrected chi connectivity index (χ2v) is 12.8. The number of benzene rings is 3. The first-order valence-electron chi connectivity index (χ1n) is 12.7. The standard InChI is InChI=1S/C29H33BrClN3O5S/c1-20(2)17-32-29(36)21(3)33(18-22-7-5-8-23(30)15-22)28(35)19-34(25-10-6-9-24(31)16-25)40(37,38)27-13-11-26(39-4)12-14-27/h5-16,20-21H,17-19H2,1-4H3,(H,32,36). The number of ether oxygens (including phenoxy) is 1. The van der Waals surface area contributed by atoms with Gasteiger partial charge in [-0.1, -0.05) is 59.6 Å². The van der Waals surface area contributed by atoms with Crippen molar-refractivity contribution in [2.75, 3.05) is 24.5 Å². The predicted octanol–water partition coefficient (Wildman–Crippen LogP) is 5.50. The van der Waals surface area contributed by atoms with E-state index in [4.69, 9.17) is 16.3 Å². The van der Waals surface area contributed by atoms with E-state index < -0.39 is 28.5 Å². The van der Waals surface area contributed by atoms with E-state index in [1.165, 1.54) is 42.3 Å². The van der Waals surface area contributed by atoms with Crippen LogP contribution in [0.15, 0.2) is 82.2 Å². The smallest absolute Gasteiger partial charge is 0.264 e. The second kappa shape index (κ2) is 14.0. The summed E-state index contributed by atoms with van der Waals surface area (Å²) in [5.41, 5.74) is 0.995. The summed E-state index contributed by atoms with van der Waals surface area (Å²) in [6.45, 7) is 5.57. The summed E-state index contributed by atoms with van der Waals surface area (Å²) in [7, 11) is -2.72. The highest BCUT2D eigenvalue weighted by Crippen LogP contribution is 2.28. The van der Waals surface area contributed by atoms with Crippen molar-refractivity contribution in [2.45, 2.75) is 38.3 Å². The number of rotatable bonds is 12. The Morgan fingerprint density at radius 3 is 2.27 bits per heavy atom. The van der Waals surface area contributed by atoms with Gasteiger partial charge in [0.05, 0.1) is 17.7 Å². The first-order chi connectivity index (χ1) is 18.9. The summed E-state index contributed by atoms with van der Waals surface area (Å²) >= 11 is 9.65. The van der Waals surface area contributed by atoms with E-state index in [0.29, 0.717) is 17.3 Å². The predicted molar refractivity (Wildman–Crippen MR) is 161 cm³/mol. The third kappa shape index (κ3) is 8.22. The maximum absolute atomic E-state index is 13.9. The lowest BCUT2D eigenvalue weighted by Gasteiger charge is -2.32. The van der Waals surface area contributed by atoms with Crippen molar-refractivity contribution in [3.8, 4) is 5.75 Å². The number of carbonyl (C=O) groups excluding carboxylic acids is 2. The molecule has 2 amide bonds. The lowest BCUT2D eigenvalue weighted by atomic mass is 10.1. The van der Waals surface area contributed by atoms with Gasteiger partial charge in [0.1, 0.15) is 18.3 Å². The van der Waals surface area contributed by atoms with Crippen molar-refractivity contribution in [3.05, 3.63) is 87.9 Å². The fourth-order valence-corrected chi connectivity index (χ4v) is 5.94. The van der Waals surface area contributed by atoms with Crippen LogP contribution in [0.2, 0.25) is 5.02 Å². The van der Waals surface area contributed by atoms with Gasteiger partial charge >= 0.3 is 0 Å². The van der Waals surface area contributed by atoms with Gasteiger partial charge < -0.3 is 15.0 Å². The Hall–Kier alpha value is -3.08. The number of anilines is 1. The fourth-order valence-electron chi connectivity index (χ4n) is 3.90. The first kappa shape index (κ1) is 31.4. The van der Waals surface area contributed by atoms with Crippen LogP contribution in [0, 0.1) is 5.92 Å². The molecule has 0 heterocycles. The number of halogens is 2. The number of nitrogens with zero attached hydrogens (tertiary/aromatic N) is 2. The van der Waals surface area contributed by atoms with Crippen LogP contribution >= 0.6 is 27.5 Å². The van der Waals surface area contributed by atoms with Crippen molar-refractivity contribution >= 4 is 55.1 Å². The summed E-state index contributed by atoms with van der Waals surface area (Å²) < 4.78 is 34.7. The molecule has 11 heteroatoms. The van der Waals surface area contributed by atoms with E-state index in [1.54, 1.807) is 25.1 Å². The van der Waals surface area contributed by atoms with Gasteiger partial charge in [0, 0.05) is 22.6 Å². The highest BCUT2D eigenvalue weighted by atomic mass is 79.9. The summed E-state index contributed by atoms with van der Waals surface area (Å²) in [6, 6.07) is 18.7. The Labute approximate surface area is 249 Å². The zero-order valence-electron chi connectivity index (χ0n) is 22.8. The molecule has 1 unspecified atom stereocenters. The van der Waals surface area contributed by atoms with Crippen LogP contribution in [0.1, 0.15) is 26.3 Å². The molecule has 214 valence electrons. The number of sulfonamides is 1. The van der Waals surface area contributed by atoms with Crippen molar-refractivity contribution < 1.29 is 22.7 Å². The molecule has 0 spiro atoms. The summed E-state index contributed by atoms with van der Waals surface area (Å²) in [5, 5.41) is 3.18. The molecule has 0 bridgehead atoms. The van der Waals surface area contributed by atoms with Crippen LogP contribution in [0.4, 0.5) is 5.69 Å². The summed E-state index contributed by atoms with van der Waals surface area (Å²) in [4.78, 5) is 28.4. The molecule has 8 nitrogen and oxygen atoms in total. The minimum atomic E-state index is -4.21. The highest BCUT2D eigenvalue weighted by Gasteiger charge is 2.32. The van der Waals surface area contributed by atoms with Gasteiger partial charge in [0.2, 0.25) is 11.8 Å². The Bertz CT molecular complexity index is 1430. The molecule has 40 heavy (non-hydrogen) atoms. The van der Waals surface area contributed by atoms with Gasteiger partial charge in [-0.3, -0.25) is 13.9 Å². The Morgan fingerprint density at radius 1 is 1.00 bits per heavy atom. The molecule has 3 aromatic rings. The molecular formula is C29H33BrClN3O5S. The van der Waals surface area contributed by atoms with Crippen LogP contribution < -0.4 is 14.4 Å². The van der Waals surface area contributed by atoms with Gasteiger partial charge in [-0.25, -0.2) is 8.42 Å². The molecule has 0 aliphatic heterocycles. The number of carbonyl (C=O) groups is 2. The third-order valence-electron chi connectivity index (χ3n) is 6.12. The lowest BCUT2D eigenvalue weighted by Crippen LogP contribution is -2.51. The summed E-state index contributed by atoms with van der Waals surface area (Å²) in [6.07, 6.45) is 0. The minimum absolute atomic E-state index is 0.0256. The summed E-state index contributed by atoms with van der Waals surface area (Å²) in [5.74, 6) is -0.169. The monoisotopic (exact) mass is 649 g/mol. The number of amides is 2. The van der Waals surface area contributed by atoms with Crippen LogP contribution in [0.25, 0.3) is 0 Å². The number of methoxy groups -OCH3 is 1. The lowest BCUT2D eigenvalue weighted by molar-refractivity contribution is -0.139. The maximum atomic E-state index is 13.9. The molecule has 0 saturated heterocycles. The van der Waals surface area contributed by atoms with Gasteiger partial charge in [-0.2, -0.15) is 0 Å². The Morgan fingerprint density at radius 2 is 1.68 bits per heavy atom. The van der Waals surface area contributed by atoms with Gasteiger partial charge in [-0.05, 0) is 73.0 Å². The Balaban J connectivity index is 2.02. The zero-order valence-corrected chi connectivity index (χ0v) is 26.0. The van der Waals surface area contributed by atoms with Gasteiger partial charge in [0.15, 0.2) is 0 Å². The molecule has 1 N–H and O–H groups in total. The quantitative estimate of drug-likeness (QED) is 0.280. The Kier molecular flexibility index (Phi) is 11.0. The van der Waals surface area contributed by atoms with Crippen LogP contribution in [0.5, 0.6) is 5.75 Å². The molecule has 0 fully saturated rings. The molecule has 0 aliphatic rings. The molecule has 3 aromatic carbocycles. The number of hydrogen-bond donors (Lipinski definition) is 1. The largest absolute Gasteiger partial charge is 0.497 e. The topological polar surface area (TPSA) is 96.0 Å². The molecule has 3 rings (SSSR count). The first-order valence-corrected chi connectivity index (χ1v) is 15.3. The average Bonchev–Trinajstić information content (AvgIpc) is 2.92. The van der Waals surface area contributed by atoms with E-state index in [2.05, 4.69) is 21.2 Å². The molecule has 0 aromatic heterocycles. The van der Waals surface area contributed by atoms with E-state index >= 15 is 0 Å². The van der Waals surface area contributed by atoms with E-state index in [9.17, 15) is 18.0 Å². The van der Waals surface area contributed by atoms with Crippen LogP contribution in [-0.2, 0) is 26.2 Å². The minimum Gasteiger partial charge on any atom is -0.497 e. The van der Waals surface area contributed by atoms with Crippen molar-refractivity contribution in [1.29, 1.82) is 0 Å². The average molecular weight is 651 g/mol. The molecule has 1 atom stereocenters. The van der Waals surface area contributed by atoms with E-state index in [1.807, 2.05) is 38.1 Å². The molecular weight excluding hydrogens is 618 g/mol. The SMILES string of the molecule is COc1ccc(S(=O)(=O)N(CC(=O)N(Cc2cccc(Br)c2)C(C)C(=O)NCC(C)C)c2cccc(Cl)c2)cc1. The number of nitrogens with one attached hydrogen (secondary N) is 1. The van der Waals surface area contributed by atoms with Crippen molar-refractivity contribution in [3.63, 3.8) is 0 Å². The highest BCUT2D eigenvalue weighted by molar-refractivity contribution is 9.10. The zero-order chi connectivity index (χ0) is 29.4. The molecule has 0 saturated carbocycles. The second-order valence-electron chi connectivity index (χ2n) is 9.63. The van der Waals surface area contributed by atoms with Gasteiger partial charge in [-0.15, -0.1) is 0 Å². The molecule has 0 radical (unpaired) electrons. The third-order valence-corrected chi connectivity index (χ3v) is 8.63. The maximum Gasteiger partial charge on any atom is 0.264 e. The van der Waals surface area contributed by atoms with Gasteiger partial charge in [0.25, 0.3) is 10.0 Å². The van der Waals surface area contributed by atoms with E-state index in [0.717, 1.165) is 14.3 Å².